The third-order valence-electron chi connectivity index (χ3n) is 2.88. The molecule has 0 spiro atoms. The Balaban J connectivity index is 1.68. The molecule has 0 bridgehead atoms. The average Bonchev–Trinajstić information content (AvgIpc) is 2.91. The van der Waals surface area contributed by atoms with Crippen LogP contribution < -0.4 is 0 Å². The molecule has 1 aromatic carbocycles. The van der Waals surface area contributed by atoms with Crippen molar-refractivity contribution in [1.29, 1.82) is 0 Å². The first-order chi connectivity index (χ1) is 9.31. The molecule has 1 fully saturated rings. The second kappa shape index (κ2) is 5.38. The van der Waals surface area contributed by atoms with E-state index in [1.165, 1.54) is 0 Å². The number of phenols is 1. The van der Waals surface area contributed by atoms with E-state index < -0.39 is 0 Å². The molecule has 0 aliphatic carbocycles. The van der Waals surface area contributed by atoms with Crippen molar-refractivity contribution in [1.82, 2.24) is 10.1 Å². The van der Waals surface area contributed by atoms with Crippen molar-refractivity contribution in [3.63, 3.8) is 0 Å². The summed E-state index contributed by atoms with van der Waals surface area (Å²) in [7, 11) is 0. The van der Waals surface area contributed by atoms with Crippen molar-refractivity contribution >= 4 is 0 Å². The van der Waals surface area contributed by atoms with E-state index in [9.17, 15) is 5.11 Å². The van der Waals surface area contributed by atoms with Gasteiger partial charge < -0.3 is 19.1 Å². The largest absolute Gasteiger partial charge is 0.508 e. The van der Waals surface area contributed by atoms with Crippen LogP contribution in [0.5, 0.6) is 5.75 Å². The van der Waals surface area contributed by atoms with Gasteiger partial charge in [0, 0.05) is 0 Å². The van der Waals surface area contributed by atoms with Crippen molar-refractivity contribution in [2.45, 2.75) is 12.5 Å². The van der Waals surface area contributed by atoms with Gasteiger partial charge in [-0.25, -0.2) is 0 Å². The first-order valence-electron chi connectivity index (χ1n) is 6.11. The quantitative estimate of drug-likeness (QED) is 0.902. The summed E-state index contributed by atoms with van der Waals surface area (Å²) >= 11 is 0. The number of hydrogen-bond acceptors (Lipinski definition) is 6. The predicted octanol–water partition coefficient (Wildman–Crippen LogP) is 1.45. The van der Waals surface area contributed by atoms with Crippen LogP contribution in [0.15, 0.2) is 28.8 Å². The summed E-state index contributed by atoms with van der Waals surface area (Å²) in [4.78, 5) is 4.31. The van der Waals surface area contributed by atoms with E-state index >= 15 is 0 Å². The van der Waals surface area contributed by atoms with Gasteiger partial charge in [0.15, 0.2) is 0 Å². The zero-order chi connectivity index (χ0) is 13.1. The Hall–Kier alpha value is -1.92. The molecule has 0 amide bonds. The van der Waals surface area contributed by atoms with Gasteiger partial charge in [0.2, 0.25) is 11.7 Å². The molecule has 100 valence electrons. The van der Waals surface area contributed by atoms with E-state index in [1.54, 1.807) is 12.1 Å². The Labute approximate surface area is 110 Å². The highest BCUT2D eigenvalue weighted by molar-refractivity contribution is 5.27. The Morgan fingerprint density at radius 2 is 2.05 bits per heavy atom. The molecular weight excluding hydrogens is 248 g/mol. The molecule has 1 saturated heterocycles. The van der Waals surface area contributed by atoms with E-state index in [4.69, 9.17) is 14.0 Å². The molecule has 2 heterocycles. The normalized spacial score (nSPS) is 19.5. The molecule has 1 N–H and O–H groups in total. The molecule has 1 aliphatic heterocycles. The van der Waals surface area contributed by atoms with Crippen LogP contribution in [0.1, 0.15) is 23.4 Å². The first-order valence-corrected chi connectivity index (χ1v) is 6.11. The third kappa shape index (κ3) is 2.91. The van der Waals surface area contributed by atoms with Gasteiger partial charge in [0.25, 0.3) is 0 Å². The summed E-state index contributed by atoms with van der Waals surface area (Å²) in [5.74, 6) is 1.28. The van der Waals surface area contributed by atoms with E-state index in [0.717, 1.165) is 5.56 Å². The second-order valence-electron chi connectivity index (χ2n) is 4.32. The van der Waals surface area contributed by atoms with Crippen molar-refractivity contribution in [3.05, 3.63) is 41.5 Å². The fraction of sp³-hybridized carbons (Fsp3) is 0.385. The topological polar surface area (TPSA) is 77.6 Å². The monoisotopic (exact) mass is 262 g/mol. The van der Waals surface area contributed by atoms with Crippen LogP contribution in [-0.4, -0.2) is 35.1 Å². The fourth-order valence-corrected chi connectivity index (χ4v) is 1.90. The Bertz CT molecular complexity index is 532. The van der Waals surface area contributed by atoms with Crippen molar-refractivity contribution < 1.29 is 19.1 Å². The maximum atomic E-state index is 9.22. The van der Waals surface area contributed by atoms with Crippen LogP contribution in [0.3, 0.4) is 0 Å². The van der Waals surface area contributed by atoms with Gasteiger partial charge >= 0.3 is 0 Å². The zero-order valence-electron chi connectivity index (χ0n) is 10.3. The molecular formula is C13H14N2O4. The molecule has 19 heavy (non-hydrogen) atoms. The highest BCUT2D eigenvalue weighted by atomic mass is 16.6. The first kappa shape index (κ1) is 12.1. The minimum Gasteiger partial charge on any atom is -0.508 e. The number of aromatic hydroxyl groups is 1. The van der Waals surface area contributed by atoms with Gasteiger partial charge in [0.05, 0.1) is 26.2 Å². The molecule has 6 nitrogen and oxygen atoms in total. The van der Waals surface area contributed by atoms with Gasteiger partial charge in [-0.15, -0.1) is 0 Å². The lowest BCUT2D eigenvalue weighted by atomic mass is 10.1. The van der Waals surface area contributed by atoms with Crippen LogP contribution >= 0.6 is 0 Å². The van der Waals surface area contributed by atoms with Crippen LogP contribution in [0.2, 0.25) is 0 Å². The fourth-order valence-electron chi connectivity index (χ4n) is 1.90. The van der Waals surface area contributed by atoms with Crippen molar-refractivity contribution in [3.8, 4) is 5.75 Å². The lowest BCUT2D eigenvalue weighted by molar-refractivity contribution is -0.0941. The summed E-state index contributed by atoms with van der Waals surface area (Å²) in [5.41, 5.74) is 0.994. The van der Waals surface area contributed by atoms with E-state index in [-0.39, 0.29) is 11.9 Å². The number of aromatic nitrogens is 2. The minimum absolute atomic E-state index is 0.239. The maximum Gasteiger partial charge on any atom is 0.231 e. The van der Waals surface area contributed by atoms with Crippen LogP contribution in [-0.2, 0) is 15.9 Å². The number of ether oxygens (including phenoxy) is 2. The number of hydrogen-bond donors (Lipinski definition) is 1. The van der Waals surface area contributed by atoms with Crippen LogP contribution in [0.4, 0.5) is 0 Å². The van der Waals surface area contributed by atoms with Gasteiger partial charge in [-0.2, -0.15) is 4.98 Å². The zero-order valence-corrected chi connectivity index (χ0v) is 10.3. The molecule has 6 heteroatoms. The average molecular weight is 262 g/mol. The number of phenolic OH excluding ortho intramolecular Hbond substituents is 1. The van der Waals surface area contributed by atoms with Crippen LogP contribution in [0.25, 0.3) is 0 Å². The molecule has 1 aromatic heterocycles. The standard InChI is InChI=1S/C13H14N2O4/c16-10-3-1-9(2-4-10)7-12-14-13(15-19-12)11-8-17-5-6-18-11/h1-4,11,16H,5-8H2. The number of benzene rings is 1. The molecule has 1 unspecified atom stereocenters. The van der Waals surface area contributed by atoms with Gasteiger partial charge in [-0.05, 0) is 17.7 Å². The summed E-state index contributed by atoms with van der Waals surface area (Å²) in [6.07, 6.45) is 0.284. The van der Waals surface area contributed by atoms with Gasteiger partial charge in [0.1, 0.15) is 11.9 Å². The predicted molar refractivity (Wildman–Crippen MR) is 64.7 cm³/mol. The molecule has 3 rings (SSSR count). The molecule has 0 radical (unpaired) electrons. The molecule has 1 aliphatic rings. The molecule has 0 saturated carbocycles. The Morgan fingerprint density at radius 1 is 1.21 bits per heavy atom. The Morgan fingerprint density at radius 3 is 2.79 bits per heavy atom. The number of rotatable bonds is 3. The molecule has 2 aromatic rings. The van der Waals surface area contributed by atoms with Crippen LogP contribution in [0, 0.1) is 0 Å². The lowest BCUT2D eigenvalue weighted by Crippen LogP contribution is -2.22. The second-order valence-corrected chi connectivity index (χ2v) is 4.32. The maximum absolute atomic E-state index is 9.22. The van der Waals surface area contributed by atoms with E-state index in [0.29, 0.717) is 38.0 Å². The summed E-state index contributed by atoms with van der Waals surface area (Å²) in [6, 6.07) is 6.90. The highest BCUT2D eigenvalue weighted by Crippen LogP contribution is 2.19. The number of nitrogens with zero attached hydrogens (tertiary/aromatic N) is 2. The summed E-state index contributed by atoms with van der Waals surface area (Å²) < 4.78 is 16.0. The summed E-state index contributed by atoms with van der Waals surface area (Å²) in [5, 5.41) is 13.1. The van der Waals surface area contributed by atoms with Crippen molar-refractivity contribution in [2.24, 2.45) is 0 Å². The highest BCUT2D eigenvalue weighted by Gasteiger charge is 2.22. The summed E-state index contributed by atoms with van der Waals surface area (Å²) in [6.45, 7) is 1.61. The Kier molecular flexibility index (Phi) is 3.43. The molecule has 1 atom stereocenters. The van der Waals surface area contributed by atoms with Gasteiger partial charge in [-0.1, -0.05) is 17.3 Å². The van der Waals surface area contributed by atoms with E-state index in [1.807, 2.05) is 12.1 Å². The minimum atomic E-state index is -0.244. The van der Waals surface area contributed by atoms with Gasteiger partial charge in [-0.3, -0.25) is 0 Å². The smallest absolute Gasteiger partial charge is 0.231 e. The third-order valence-corrected chi connectivity index (χ3v) is 2.88. The van der Waals surface area contributed by atoms with E-state index in [2.05, 4.69) is 10.1 Å². The van der Waals surface area contributed by atoms with Crippen molar-refractivity contribution in [2.75, 3.05) is 19.8 Å². The SMILES string of the molecule is Oc1ccc(Cc2nc(C3COCCO3)no2)cc1. The lowest BCUT2D eigenvalue weighted by Gasteiger charge is -2.19.